The van der Waals surface area contributed by atoms with Crippen molar-refractivity contribution in [2.45, 2.75) is 0 Å². The van der Waals surface area contributed by atoms with Crippen molar-refractivity contribution in [3.8, 4) is 0 Å². The van der Waals surface area contributed by atoms with Crippen molar-refractivity contribution in [3.05, 3.63) is 29.1 Å². The molecule has 1 aromatic rings. The van der Waals surface area contributed by atoms with Gasteiger partial charge in [0, 0.05) is 29.6 Å². The summed E-state index contributed by atoms with van der Waals surface area (Å²) in [6.45, 7) is 0. The number of hydrogen-bond acceptors (Lipinski definition) is 0. The normalized spacial score (nSPS) is 9.62. The third-order valence-corrected chi connectivity index (χ3v) is 1.24. The maximum atomic E-state index is 12.3. The molecule has 63 valence electrons. The molecule has 3 radical (unpaired) electrons. The molecule has 0 N–H and O–H groups in total. The van der Waals surface area contributed by atoms with Gasteiger partial charge in [0.25, 0.3) is 0 Å². The summed E-state index contributed by atoms with van der Waals surface area (Å²) in [6, 6.07) is 0. The molecule has 13 heavy (non-hydrogen) atoms. The van der Waals surface area contributed by atoms with E-state index in [4.69, 9.17) is 0 Å². The Morgan fingerprint density at radius 1 is 0.615 bits per heavy atom. The first-order valence-corrected chi connectivity index (χ1v) is 2.73. The van der Waals surface area contributed by atoms with Crippen LogP contribution in [-0.2, 0) is 0 Å². The molecule has 0 heterocycles. The van der Waals surface area contributed by atoms with Crippen LogP contribution in [0, 0.1) is 29.1 Å². The molecule has 0 fully saturated rings. The third-order valence-electron chi connectivity index (χ3n) is 1.24. The SMILES string of the molecule is [B]c1c(F)c(F)c(F)c(F)c1F.[Na]. The molecule has 1 rings (SSSR count). The third kappa shape index (κ3) is 2.06. The van der Waals surface area contributed by atoms with E-state index in [0.717, 1.165) is 0 Å². The summed E-state index contributed by atoms with van der Waals surface area (Å²) in [7, 11) is 4.56. The van der Waals surface area contributed by atoms with Gasteiger partial charge in [-0.2, -0.15) is 0 Å². The van der Waals surface area contributed by atoms with Gasteiger partial charge in [-0.3, -0.25) is 0 Å². The van der Waals surface area contributed by atoms with Crippen molar-refractivity contribution >= 4 is 42.9 Å². The smallest absolute Gasteiger partial charge is 0.200 e. The second-order valence-corrected chi connectivity index (χ2v) is 1.98. The van der Waals surface area contributed by atoms with Crippen LogP contribution in [0.15, 0.2) is 0 Å². The van der Waals surface area contributed by atoms with Gasteiger partial charge in [0.1, 0.15) is 7.85 Å². The van der Waals surface area contributed by atoms with Crippen LogP contribution >= 0.6 is 0 Å². The van der Waals surface area contributed by atoms with Gasteiger partial charge in [-0.05, 0) is 5.46 Å². The summed E-state index contributed by atoms with van der Waals surface area (Å²) in [6.07, 6.45) is 0. The Labute approximate surface area is 93.8 Å². The number of halogens is 5. The molecule has 0 atom stereocenters. The molecule has 0 saturated heterocycles. The van der Waals surface area contributed by atoms with Gasteiger partial charge in [-0.15, -0.1) is 0 Å². The van der Waals surface area contributed by atoms with E-state index in [-0.39, 0.29) is 29.6 Å². The van der Waals surface area contributed by atoms with E-state index in [0.29, 0.717) is 0 Å². The fourth-order valence-corrected chi connectivity index (χ4v) is 0.622. The summed E-state index contributed by atoms with van der Waals surface area (Å²) >= 11 is 0. The monoisotopic (exact) mass is 201 g/mol. The molecule has 0 nitrogen and oxygen atoms in total. The summed E-state index contributed by atoms with van der Waals surface area (Å²) < 4.78 is 61.1. The zero-order valence-corrected chi connectivity index (χ0v) is 8.47. The Balaban J connectivity index is 0.00000144. The van der Waals surface area contributed by atoms with E-state index in [1.54, 1.807) is 0 Å². The molecule has 0 spiro atoms. The average Bonchev–Trinajstić information content (AvgIpc) is 2.08. The van der Waals surface area contributed by atoms with Crippen LogP contribution in [0.25, 0.3) is 0 Å². The van der Waals surface area contributed by atoms with Crippen LogP contribution < -0.4 is 5.46 Å². The first-order chi connectivity index (χ1) is 5.46. The van der Waals surface area contributed by atoms with Gasteiger partial charge in [0.2, 0.25) is 0 Å². The Morgan fingerprint density at radius 3 is 1.15 bits per heavy atom. The molecule has 7 heteroatoms. The molecule has 0 aromatic heterocycles. The molecule has 0 amide bonds. The van der Waals surface area contributed by atoms with Crippen LogP contribution in [0.1, 0.15) is 0 Å². The van der Waals surface area contributed by atoms with E-state index in [1.807, 2.05) is 0 Å². The molecular formula is C6BF5Na. The Kier molecular flexibility index (Phi) is 4.41. The van der Waals surface area contributed by atoms with Crippen molar-refractivity contribution in [3.63, 3.8) is 0 Å². The summed E-state index contributed by atoms with van der Waals surface area (Å²) in [5, 5.41) is 0. The van der Waals surface area contributed by atoms with Gasteiger partial charge in [0.05, 0.1) is 0 Å². The molecule has 0 aliphatic heterocycles. The molecule has 1 aromatic carbocycles. The second-order valence-electron chi connectivity index (χ2n) is 1.98. The fraction of sp³-hybridized carbons (Fsp3) is 0. The Bertz CT molecular complexity index is 235. The number of benzene rings is 1. The van der Waals surface area contributed by atoms with Crippen LogP contribution in [0.2, 0.25) is 0 Å². The summed E-state index contributed by atoms with van der Waals surface area (Å²) in [5.41, 5.74) is -1.37. The molecular weight excluding hydrogens is 201 g/mol. The zero-order chi connectivity index (χ0) is 9.46. The predicted molar refractivity (Wildman–Crippen MR) is 37.4 cm³/mol. The van der Waals surface area contributed by atoms with Gasteiger partial charge in [-0.1, -0.05) is 0 Å². The average molecular weight is 201 g/mol. The summed E-state index contributed by atoms with van der Waals surface area (Å²) in [5.74, 6) is -10.3. The Hall–Kier alpha value is -0.0651. The zero-order valence-electron chi connectivity index (χ0n) is 6.47. The van der Waals surface area contributed by atoms with E-state index in [1.165, 1.54) is 0 Å². The summed E-state index contributed by atoms with van der Waals surface area (Å²) in [4.78, 5) is 0. The van der Waals surface area contributed by atoms with Crippen molar-refractivity contribution in [1.82, 2.24) is 0 Å². The van der Waals surface area contributed by atoms with Crippen LogP contribution in [0.4, 0.5) is 22.0 Å². The van der Waals surface area contributed by atoms with Gasteiger partial charge in [-0.25, -0.2) is 22.0 Å². The number of rotatable bonds is 0. The van der Waals surface area contributed by atoms with E-state index in [9.17, 15) is 22.0 Å². The van der Waals surface area contributed by atoms with Crippen molar-refractivity contribution in [2.24, 2.45) is 0 Å². The molecule has 0 saturated carbocycles. The minimum absolute atomic E-state index is 0. The van der Waals surface area contributed by atoms with Crippen molar-refractivity contribution < 1.29 is 22.0 Å². The second kappa shape index (κ2) is 4.44. The van der Waals surface area contributed by atoms with E-state index < -0.39 is 34.5 Å². The molecule has 0 bridgehead atoms. The van der Waals surface area contributed by atoms with Gasteiger partial charge >= 0.3 is 0 Å². The first kappa shape index (κ1) is 12.9. The van der Waals surface area contributed by atoms with Crippen LogP contribution in [0.5, 0.6) is 0 Å². The van der Waals surface area contributed by atoms with Crippen molar-refractivity contribution in [1.29, 1.82) is 0 Å². The van der Waals surface area contributed by atoms with Crippen LogP contribution in [0.3, 0.4) is 0 Å². The first-order valence-electron chi connectivity index (χ1n) is 2.73. The van der Waals surface area contributed by atoms with E-state index in [2.05, 4.69) is 7.85 Å². The Morgan fingerprint density at radius 2 is 0.846 bits per heavy atom. The minimum Gasteiger partial charge on any atom is -0.204 e. The maximum Gasteiger partial charge on any atom is 0.200 e. The van der Waals surface area contributed by atoms with Crippen molar-refractivity contribution in [2.75, 3.05) is 0 Å². The molecule has 0 aliphatic rings. The van der Waals surface area contributed by atoms with Gasteiger partial charge < -0.3 is 0 Å². The van der Waals surface area contributed by atoms with E-state index >= 15 is 0 Å². The predicted octanol–water partition coefficient (Wildman–Crippen LogP) is 0.795. The van der Waals surface area contributed by atoms with Crippen LogP contribution in [-0.4, -0.2) is 37.4 Å². The number of hydrogen-bond donors (Lipinski definition) is 0. The fourth-order valence-electron chi connectivity index (χ4n) is 0.622. The minimum atomic E-state index is -2.21. The quantitative estimate of drug-likeness (QED) is 0.252. The molecule has 0 unspecified atom stereocenters. The largest absolute Gasteiger partial charge is 0.204 e. The maximum absolute atomic E-state index is 12.3. The molecule has 0 aliphatic carbocycles. The topological polar surface area (TPSA) is 0 Å². The van der Waals surface area contributed by atoms with Gasteiger partial charge in [0.15, 0.2) is 29.1 Å². The standard InChI is InChI=1S/C6BF5.Na/c7-1-2(8)4(10)6(12)5(11)3(1)9;.